The largest absolute Gasteiger partial charge is 0.354 e. The second-order valence-corrected chi connectivity index (χ2v) is 8.08. The molecule has 144 valence electrons. The van der Waals surface area contributed by atoms with Gasteiger partial charge in [-0.1, -0.05) is 72.3 Å². The summed E-state index contributed by atoms with van der Waals surface area (Å²) < 4.78 is 0. The Balaban J connectivity index is 1.76. The Labute approximate surface area is 178 Å². The Morgan fingerprint density at radius 3 is 2.30 bits per heavy atom. The van der Waals surface area contributed by atoms with E-state index in [1.165, 1.54) is 0 Å². The molecule has 2 heterocycles. The summed E-state index contributed by atoms with van der Waals surface area (Å²) in [7, 11) is 0. The average molecular weight is 409 g/mol. The molecule has 1 atom stereocenters. The minimum atomic E-state index is -0.201. The highest BCUT2D eigenvalue weighted by Crippen LogP contribution is 2.48. The quantitative estimate of drug-likeness (QED) is 0.323. The van der Waals surface area contributed by atoms with Crippen molar-refractivity contribution in [1.82, 2.24) is 4.98 Å². The van der Waals surface area contributed by atoms with E-state index < -0.39 is 0 Å². The fraction of sp³-hybridized carbons (Fsp3) is 0.0385. The molecule has 5 aromatic rings. The van der Waals surface area contributed by atoms with Gasteiger partial charge in [0.1, 0.15) is 0 Å². The van der Waals surface area contributed by atoms with Gasteiger partial charge in [-0.05, 0) is 46.2 Å². The zero-order chi connectivity index (χ0) is 20.2. The smallest absolute Gasteiger partial charge is 0.254 e. The number of nitrogens with one attached hydrogen (secondary N) is 2. The normalized spacial score (nSPS) is 14.9. The van der Waals surface area contributed by atoms with Crippen molar-refractivity contribution in [3.8, 4) is 0 Å². The number of fused-ring (bicyclic) bond motifs is 6. The van der Waals surface area contributed by atoms with Crippen molar-refractivity contribution < 1.29 is 0 Å². The highest BCUT2D eigenvalue weighted by molar-refractivity contribution is 6.30. The molecule has 0 amide bonds. The summed E-state index contributed by atoms with van der Waals surface area (Å²) in [6.45, 7) is 0. The summed E-state index contributed by atoms with van der Waals surface area (Å²) in [6, 6.07) is 28.3. The third-order valence-electron chi connectivity index (χ3n) is 5.97. The van der Waals surface area contributed by atoms with Crippen LogP contribution in [0, 0.1) is 0 Å². The first-order chi connectivity index (χ1) is 14.7. The number of benzene rings is 4. The number of H-pyrrole nitrogens is 1. The molecule has 30 heavy (non-hydrogen) atoms. The van der Waals surface area contributed by atoms with Gasteiger partial charge in [-0.15, -0.1) is 0 Å². The SMILES string of the molecule is O=c1[nH]c2ccccc2c2c1C(c1ccc(Cl)cc1)c1c(ccc3ccccc13)N2. The van der Waals surface area contributed by atoms with Crippen LogP contribution in [0.2, 0.25) is 5.02 Å². The van der Waals surface area contributed by atoms with Gasteiger partial charge in [-0.25, -0.2) is 0 Å². The van der Waals surface area contributed by atoms with E-state index in [1.54, 1.807) is 0 Å². The average Bonchev–Trinajstić information content (AvgIpc) is 2.78. The maximum absolute atomic E-state index is 13.4. The Morgan fingerprint density at radius 2 is 1.47 bits per heavy atom. The van der Waals surface area contributed by atoms with Crippen molar-refractivity contribution in [3.63, 3.8) is 0 Å². The third kappa shape index (κ3) is 2.49. The number of pyridine rings is 1. The van der Waals surface area contributed by atoms with Crippen LogP contribution in [0.15, 0.2) is 89.7 Å². The molecular weight excluding hydrogens is 392 g/mol. The summed E-state index contributed by atoms with van der Waals surface area (Å²) in [4.78, 5) is 16.4. The number of anilines is 2. The van der Waals surface area contributed by atoms with E-state index in [4.69, 9.17) is 11.6 Å². The first kappa shape index (κ1) is 17.3. The number of rotatable bonds is 1. The summed E-state index contributed by atoms with van der Waals surface area (Å²) in [5.74, 6) is -0.201. The Hall–Kier alpha value is -3.56. The lowest BCUT2D eigenvalue weighted by Gasteiger charge is -2.31. The van der Waals surface area contributed by atoms with Crippen LogP contribution in [-0.4, -0.2) is 4.98 Å². The van der Waals surface area contributed by atoms with Crippen LogP contribution in [0.5, 0.6) is 0 Å². The minimum absolute atomic E-state index is 0.0743. The molecule has 0 saturated heterocycles. The van der Waals surface area contributed by atoms with Gasteiger partial charge in [0.2, 0.25) is 0 Å². The molecule has 0 spiro atoms. The van der Waals surface area contributed by atoms with E-state index in [2.05, 4.69) is 34.6 Å². The highest BCUT2D eigenvalue weighted by atomic mass is 35.5. The Morgan fingerprint density at radius 1 is 0.733 bits per heavy atom. The van der Waals surface area contributed by atoms with Gasteiger partial charge in [-0.2, -0.15) is 0 Å². The lowest BCUT2D eigenvalue weighted by molar-refractivity contribution is 0.949. The molecule has 3 nitrogen and oxygen atoms in total. The van der Waals surface area contributed by atoms with Crippen molar-refractivity contribution in [1.29, 1.82) is 0 Å². The van der Waals surface area contributed by atoms with Crippen LogP contribution < -0.4 is 10.9 Å². The van der Waals surface area contributed by atoms with Crippen molar-refractivity contribution in [3.05, 3.63) is 117 Å². The molecule has 0 aliphatic carbocycles. The van der Waals surface area contributed by atoms with Gasteiger partial charge < -0.3 is 10.3 Å². The fourth-order valence-electron chi connectivity index (χ4n) is 4.65. The monoisotopic (exact) mass is 408 g/mol. The molecule has 4 heteroatoms. The molecule has 0 saturated carbocycles. The van der Waals surface area contributed by atoms with Crippen molar-refractivity contribution >= 4 is 44.7 Å². The standard InChI is InChI=1S/C26H17ClN2O/c27-17-12-9-16(10-13-17)22-23-18-6-2-1-5-15(18)11-14-21(23)28-25-19-7-3-4-8-20(19)29-26(30)24(22)25/h1-14,22,28H,(H,29,30). The molecule has 0 bridgehead atoms. The van der Waals surface area contributed by atoms with E-state index in [-0.39, 0.29) is 11.5 Å². The third-order valence-corrected chi connectivity index (χ3v) is 6.22. The fourth-order valence-corrected chi connectivity index (χ4v) is 4.78. The lowest BCUT2D eigenvalue weighted by atomic mass is 9.79. The van der Waals surface area contributed by atoms with Gasteiger partial charge in [-0.3, -0.25) is 4.79 Å². The number of para-hydroxylation sites is 1. The van der Waals surface area contributed by atoms with Crippen LogP contribution in [0.4, 0.5) is 11.4 Å². The van der Waals surface area contributed by atoms with E-state index in [1.807, 2.05) is 60.7 Å². The van der Waals surface area contributed by atoms with Crippen molar-refractivity contribution in [2.24, 2.45) is 0 Å². The van der Waals surface area contributed by atoms with Gasteiger partial charge >= 0.3 is 0 Å². The zero-order valence-corrected chi connectivity index (χ0v) is 16.7. The van der Waals surface area contributed by atoms with Gasteiger partial charge in [0, 0.05) is 22.0 Å². The maximum Gasteiger partial charge on any atom is 0.254 e. The van der Waals surface area contributed by atoms with E-state index in [0.29, 0.717) is 5.02 Å². The Bertz CT molecular complexity index is 1500. The predicted octanol–water partition coefficient (Wildman–Crippen LogP) is 6.57. The first-order valence-electron chi connectivity index (χ1n) is 9.90. The summed E-state index contributed by atoms with van der Waals surface area (Å²) in [6.07, 6.45) is 0. The number of hydrogen-bond acceptors (Lipinski definition) is 2. The van der Waals surface area contributed by atoms with Crippen molar-refractivity contribution in [2.45, 2.75) is 5.92 Å². The summed E-state index contributed by atoms with van der Waals surface area (Å²) in [5, 5.41) is 7.56. The van der Waals surface area contributed by atoms with Crippen LogP contribution in [-0.2, 0) is 0 Å². The van der Waals surface area contributed by atoms with E-state index in [0.717, 1.165) is 49.7 Å². The second-order valence-electron chi connectivity index (χ2n) is 7.65. The van der Waals surface area contributed by atoms with Gasteiger partial charge in [0.15, 0.2) is 0 Å². The summed E-state index contributed by atoms with van der Waals surface area (Å²) >= 11 is 6.18. The number of aromatic amines is 1. The molecule has 1 aromatic heterocycles. The van der Waals surface area contributed by atoms with Crippen LogP contribution in [0.1, 0.15) is 22.6 Å². The predicted molar refractivity (Wildman–Crippen MR) is 124 cm³/mol. The van der Waals surface area contributed by atoms with Crippen LogP contribution in [0.3, 0.4) is 0 Å². The van der Waals surface area contributed by atoms with E-state index >= 15 is 0 Å². The van der Waals surface area contributed by atoms with Gasteiger partial charge in [0.05, 0.1) is 16.8 Å². The molecule has 6 rings (SSSR count). The molecule has 4 aromatic carbocycles. The Kier molecular flexibility index (Phi) is 3.74. The number of hydrogen-bond donors (Lipinski definition) is 2. The van der Waals surface area contributed by atoms with Crippen molar-refractivity contribution in [2.75, 3.05) is 5.32 Å². The minimum Gasteiger partial charge on any atom is -0.354 e. The molecule has 0 fully saturated rings. The zero-order valence-electron chi connectivity index (χ0n) is 15.9. The molecule has 1 aliphatic rings. The topological polar surface area (TPSA) is 44.9 Å². The van der Waals surface area contributed by atoms with Crippen LogP contribution in [0.25, 0.3) is 21.7 Å². The molecule has 1 aliphatic heterocycles. The molecule has 2 N–H and O–H groups in total. The lowest BCUT2D eigenvalue weighted by Crippen LogP contribution is -2.24. The van der Waals surface area contributed by atoms with Gasteiger partial charge in [0.25, 0.3) is 5.56 Å². The summed E-state index contributed by atoms with van der Waals surface area (Å²) in [5.41, 5.74) is 5.54. The highest BCUT2D eigenvalue weighted by Gasteiger charge is 2.32. The van der Waals surface area contributed by atoms with Crippen LogP contribution >= 0.6 is 11.6 Å². The number of halogens is 1. The first-order valence-corrected chi connectivity index (χ1v) is 10.3. The van der Waals surface area contributed by atoms with E-state index in [9.17, 15) is 4.79 Å². The molecule has 1 unspecified atom stereocenters. The second kappa shape index (κ2) is 6.48. The molecule has 0 radical (unpaired) electrons. The maximum atomic E-state index is 13.4. The molecular formula is C26H17ClN2O. The number of aromatic nitrogens is 1.